The van der Waals surface area contributed by atoms with E-state index < -0.39 is 0 Å². The van der Waals surface area contributed by atoms with Crippen LogP contribution in [0.5, 0.6) is 0 Å². The standard InChI is InChI=1S/C16H32N2O/c1-16(2,3)15(19)8-9-17-10-12-18(13-11-17)14-6-4-5-7-14/h14-15,19H,4-13H2,1-3H3. The maximum absolute atomic E-state index is 10.1. The van der Waals surface area contributed by atoms with Crippen LogP contribution in [0.3, 0.4) is 0 Å². The lowest BCUT2D eigenvalue weighted by atomic mass is 9.87. The summed E-state index contributed by atoms with van der Waals surface area (Å²) in [6.45, 7) is 12.3. The summed E-state index contributed by atoms with van der Waals surface area (Å²) in [6, 6.07) is 0.877. The lowest BCUT2D eigenvalue weighted by Crippen LogP contribution is -2.50. The highest BCUT2D eigenvalue weighted by atomic mass is 16.3. The Balaban J connectivity index is 1.66. The molecule has 1 saturated carbocycles. The molecule has 1 heterocycles. The van der Waals surface area contributed by atoms with Gasteiger partial charge in [0.1, 0.15) is 0 Å². The quantitative estimate of drug-likeness (QED) is 0.848. The van der Waals surface area contributed by atoms with Gasteiger partial charge in [0.25, 0.3) is 0 Å². The average Bonchev–Trinajstić information content (AvgIpc) is 2.89. The Kier molecular flexibility index (Phi) is 5.27. The van der Waals surface area contributed by atoms with Crippen molar-refractivity contribution in [2.24, 2.45) is 5.41 Å². The summed E-state index contributed by atoms with van der Waals surface area (Å²) in [4.78, 5) is 5.23. The molecule has 2 aliphatic rings. The summed E-state index contributed by atoms with van der Waals surface area (Å²) >= 11 is 0. The number of hydrogen-bond donors (Lipinski definition) is 1. The van der Waals surface area contributed by atoms with E-state index >= 15 is 0 Å². The molecule has 1 aliphatic carbocycles. The van der Waals surface area contributed by atoms with Gasteiger partial charge in [-0.15, -0.1) is 0 Å². The van der Waals surface area contributed by atoms with E-state index in [2.05, 4.69) is 30.6 Å². The molecule has 2 rings (SSSR count). The zero-order valence-electron chi connectivity index (χ0n) is 13.1. The molecule has 0 aromatic carbocycles. The zero-order valence-corrected chi connectivity index (χ0v) is 13.1. The first-order valence-electron chi connectivity index (χ1n) is 8.11. The number of hydrogen-bond acceptors (Lipinski definition) is 3. The molecule has 2 fully saturated rings. The molecule has 1 atom stereocenters. The van der Waals surface area contributed by atoms with Crippen LogP contribution >= 0.6 is 0 Å². The number of piperazine rings is 1. The fourth-order valence-electron chi connectivity index (χ4n) is 3.36. The van der Waals surface area contributed by atoms with E-state index in [1.54, 1.807) is 0 Å². The first-order chi connectivity index (χ1) is 8.97. The summed E-state index contributed by atoms with van der Waals surface area (Å²) in [6.07, 6.45) is 6.43. The van der Waals surface area contributed by atoms with Crippen molar-refractivity contribution in [1.82, 2.24) is 9.80 Å². The third-order valence-corrected chi connectivity index (χ3v) is 4.97. The second-order valence-corrected chi connectivity index (χ2v) is 7.49. The normalized spacial score (nSPS) is 25.9. The fourth-order valence-corrected chi connectivity index (χ4v) is 3.36. The molecule has 0 bridgehead atoms. The molecule has 1 unspecified atom stereocenters. The maximum Gasteiger partial charge on any atom is 0.0600 e. The Labute approximate surface area is 119 Å². The van der Waals surface area contributed by atoms with Crippen LogP contribution in [0.15, 0.2) is 0 Å². The van der Waals surface area contributed by atoms with Crippen molar-refractivity contribution in [3.8, 4) is 0 Å². The van der Waals surface area contributed by atoms with Crippen LogP contribution in [0.2, 0.25) is 0 Å². The SMILES string of the molecule is CC(C)(C)C(O)CCN1CCN(C2CCCC2)CC1. The van der Waals surface area contributed by atoms with Crippen molar-refractivity contribution < 1.29 is 5.11 Å². The summed E-state index contributed by atoms with van der Waals surface area (Å²) < 4.78 is 0. The van der Waals surface area contributed by atoms with Crippen LogP contribution in [0.25, 0.3) is 0 Å². The molecule has 1 saturated heterocycles. The smallest absolute Gasteiger partial charge is 0.0600 e. The summed E-state index contributed by atoms with van der Waals surface area (Å²) in [7, 11) is 0. The van der Waals surface area contributed by atoms with Crippen LogP contribution in [0, 0.1) is 5.41 Å². The van der Waals surface area contributed by atoms with Gasteiger partial charge in [-0.3, -0.25) is 4.90 Å². The number of aliphatic hydroxyl groups is 1. The minimum Gasteiger partial charge on any atom is -0.393 e. The Hall–Kier alpha value is -0.120. The second-order valence-electron chi connectivity index (χ2n) is 7.49. The number of aliphatic hydroxyl groups excluding tert-OH is 1. The molecule has 19 heavy (non-hydrogen) atoms. The fraction of sp³-hybridized carbons (Fsp3) is 1.00. The molecule has 0 aromatic rings. The number of nitrogens with zero attached hydrogens (tertiary/aromatic N) is 2. The van der Waals surface area contributed by atoms with Crippen molar-refractivity contribution in [3.05, 3.63) is 0 Å². The Morgan fingerprint density at radius 2 is 1.63 bits per heavy atom. The summed E-state index contributed by atoms with van der Waals surface area (Å²) in [5.41, 5.74) is 0.0195. The van der Waals surface area contributed by atoms with E-state index in [1.807, 2.05) is 0 Å². The molecule has 1 aliphatic heterocycles. The average molecular weight is 268 g/mol. The minimum absolute atomic E-state index is 0.0195. The third kappa shape index (κ3) is 4.44. The van der Waals surface area contributed by atoms with Crippen LogP contribution in [-0.2, 0) is 0 Å². The summed E-state index contributed by atoms with van der Waals surface area (Å²) in [5.74, 6) is 0. The Morgan fingerprint density at radius 1 is 1.05 bits per heavy atom. The van der Waals surface area contributed by atoms with Gasteiger partial charge in [-0.25, -0.2) is 0 Å². The highest BCUT2D eigenvalue weighted by Gasteiger charge is 2.27. The number of rotatable bonds is 4. The van der Waals surface area contributed by atoms with Gasteiger partial charge < -0.3 is 10.0 Å². The van der Waals surface area contributed by atoms with Crippen molar-refractivity contribution in [1.29, 1.82) is 0 Å². The monoisotopic (exact) mass is 268 g/mol. The molecule has 3 nitrogen and oxygen atoms in total. The van der Waals surface area contributed by atoms with E-state index in [0.717, 1.165) is 19.0 Å². The van der Waals surface area contributed by atoms with Crippen LogP contribution < -0.4 is 0 Å². The highest BCUT2D eigenvalue weighted by molar-refractivity contribution is 4.82. The molecule has 112 valence electrons. The molecular weight excluding hydrogens is 236 g/mol. The molecule has 0 spiro atoms. The highest BCUT2D eigenvalue weighted by Crippen LogP contribution is 2.25. The zero-order chi connectivity index (χ0) is 13.9. The van der Waals surface area contributed by atoms with E-state index in [-0.39, 0.29) is 11.5 Å². The molecule has 0 aromatic heterocycles. The maximum atomic E-state index is 10.1. The van der Waals surface area contributed by atoms with Crippen molar-refractivity contribution >= 4 is 0 Å². The minimum atomic E-state index is -0.180. The molecule has 1 N–H and O–H groups in total. The lowest BCUT2D eigenvalue weighted by molar-refractivity contribution is 0.0346. The van der Waals surface area contributed by atoms with E-state index in [9.17, 15) is 5.11 Å². The predicted octanol–water partition coefficient (Wildman–Crippen LogP) is 2.34. The van der Waals surface area contributed by atoms with E-state index in [4.69, 9.17) is 0 Å². The lowest BCUT2D eigenvalue weighted by Gasteiger charge is -2.38. The molecular formula is C16H32N2O. The van der Waals surface area contributed by atoms with Gasteiger partial charge in [-0.05, 0) is 24.7 Å². The van der Waals surface area contributed by atoms with Gasteiger partial charge in [0.2, 0.25) is 0 Å². The molecule has 0 radical (unpaired) electrons. The second kappa shape index (κ2) is 6.55. The van der Waals surface area contributed by atoms with Crippen molar-refractivity contribution in [3.63, 3.8) is 0 Å². The molecule has 3 heteroatoms. The van der Waals surface area contributed by atoms with Gasteiger partial charge >= 0.3 is 0 Å². The summed E-state index contributed by atoms with van der Waals surface area (Å²) in [5, 5.41) is 10.1. The topological polar surface area (TPSA) is 26.7 Å². The van der Waals surface area contributed by atoms with Gasteiger partial charge in [-0.1, -0.05) is 33.6 Å². The van der Waals surface area contributed by atoms with E-state index in [0.29, 0.717) is 0 Å². The van der Waals surface area contributed by atoms with Crippen molar-refractivity contribution in [2.75, 3.05) is 32.7 Å². The molecule has 0 amide bonds. The predicted molar refractivity (Wildman–Crippen MR) is 80.3 cm³/mol. The van der Waals surface area contributed by atoms with Gasteiger partial charge in [0.15, 0.2) is 0 Å². The van der Waals surface area contributed by atoms with E-state index in [1.165, 1.54) is 51.9 Å². The first-order valence-corrected chi connectivity index (χ1v) is 8.11. The van der Waals surface area contributed by atoms with Gasteiger partial charge in [-0.2, -0.15) is 0 Å². The van der Waals surface area contributed by atoms with Crippen LogP contribution in [-0.4, -0.2) is 59.8 Å². The third-order valence-electron chi connectivity index (χ3n) is 4.97. The van der Waals surface area contributed by atoms with Gasteiger partial charge in [0.05, 0.1) is 6.10 Å². The largest absolute Gasteiger partial charge is 0.393 e. The Bertz CT molecular complexity index is 260. The Morgan fingerprint density at radius 3 is 2.16 bits per heavy atom. The van der Waals surface area contributed by atoms with Crippen molar-refractivity contribution in [2.45, 2.75) is 65.0 Å². The van der Waals surface area contributed by atoms with Gasteiger partial charge in [0, 0.05) is 38.8 Å². The van der Waals surface area contributed by atoms with Crippen LogP contribution in [0.1, 0.15) is 52.9 Å². The van der Waals surface area contributed by atoms with Crippen LogP contribution in [0.4, 0.5) is 0 Å². The first kappa shape index (κ1) is 15.3.